The van der Waals surface area contributed by atoms with Crippen molar-refractivity contribution in [1.82, 2.24) is 10.2 Å². The highest BCUT2D eigenvalue weighted by molar-refractivity contribution is 5.35. The van der Waals surface area contributed by atoms with Gasteiger partial charge in [-0.2, -0.15) is 0 Å². The minimum atomic E-state index is -0.391. The summed E-state index contributed by atoms with van der Waals surface area (Å²) in [6.07, 6.45) is 1.17. The molecule has 3 nitrogen and oxygen atoms in total. The third-order valence-electron chi connectivity index (χ3n) is 3.80. The Kier molecular flexibility index (Phi) is 4.19. The van der Waals surface area contributed by atoms with E-state index in [2.05, 4.69) is 17.1 Å². The standard InChI is InChI=1S/C14H21FN2O/c1-10(13-4-3-12(15)7-14(13)18)17-6-5-11(9-17)8-16-2/h3-4,7,10-11,16,18H,5-6,8-9H2,1-2H3. The number of halogens is 1. The molecule has 1 aromatic carbocycles. The number of rotatable bonds is 4. The zero-order valence-electron chi connectivity index (χ0n) is 11.0. The van der Waals surface area contributed by atoms with Crippen molar-refractivity contribution in [2.75, 3.05) is 26.7 Å². The Morgan fingerprint density at radius 3 is 3.00 bits per heavy atom. The van der Waals surface area contributed by atoms with Gasteiger partial charge in [0.25, 0.3) is 0 Å². The fourth-order valence-electron chi connectivity index (χ4n) is 2.74. The highest BCUT2D eigenvalue weighted by Gasteiger charge is 2.27. The molecule has 0 radical (unpaired) electrons. The Morgan fingerprint density at radius 1 is 1.56 bits per heavy atom. The summed E-state index contributed by atoms with van der Waals surface area (Å²) in [5.41, 5.74) is 0.807. The summed E-state index contributed by atoms with van der Waals surface area (Å²) in [6, 6.07) is 4.41. The highest BCUT2D eigenvalue weighted by atomic mass is 19.1. The number of nitrogens with one attached hydrogen (secondary N) is 1. The molecule has 1 fully saturated rings. The third kappa shape index (κ3) is 2.82. The van der Waals surface area contributed by atoms with Crippen molar-refractivity contribution in [3.8, 4) is 5.75 Å². The van der Waals surface area contributed by atoms with E-state index in [-0.39, 0.29) is 11.8 Å². The van der Waals surface area contributed by atoms with Crippen LogP contribution in [0.25, 0.3) is 0 Å². The summed E-state index contributed by atoms with van der Waals surface area (Å²) in [7, 11) is 1.97. The molecule has 0 saturated carbocycles. The molecule has 2 unspecified atom stereocenters. The maximum Gasteiger partial charge on any atom is 0.126 e. The molecule has 0 bridgehead atoms. The lowest BCUT2D eigenvalue weighted by molar-refractivity contribution is 0.247. The summed E-state index contributed by atoms with van der Waals surface area (Å²) in [4.78, 5) is 2.34. The number of likely N-dealkylation sites (tertiary alicyclic amines) is 1. The van der Waals surface area contributed by atoms with Gasteiger partial charge in [-0.25, -0.2) is 4.39 Å². The van der Waals surface area contributed by atoms with Gasteiger partial charge in [-0.15, -0.1) is 0 Å². The zero-order valence-corrected chi connectivity index (χ0v) is 11.0. The summed E-state index contributed by atoms with van der Waals surface area (Å²) < 4.78 is 13.0. The van der Waals surface area contributed by atoms with Crippen LogP contribution >= 0.6 is 0 Å². The molecular weight excluding hydrogens is 231 g/mol. The number of nitrogens with zero attached hydrogens (tertiary/aromatic N) is 1. The van der Waals surface area contributed by atoms with Crippen LogP contribution in [0.1, 0.15) is 24.9 Å². The topological polar surface area (TPSA) is 35.5 Å². The van der Waals surface area contributed by atoms with Crippen LogP contribution in [0.4, 0.5) is 4.39 Å². The number of benzene rings is 1. The molecule has 1 aliphatic heterocycles. The zero-order chi connectivity index (χ0) is 13.1. The molecule has 1 heterocycles. The molecule has 4 heteroatoms. The van der Waals surface area contributed by atoms with Crippen LogP contribution in [0, 0.1) is 11.7 Å². The number of phenols is 1. The van der Waals surface area contributed by atoms with Gasteiger partial charge >= 0.3 is 0 Å². The van der Waals surface area contributed by atoms with E-state index in [9.17, 15) is 9.50 Å². The number of hydrogen-bond donors (Lipinski definition) is 2. The summed E-state index contributed by atoms with van der Waals surface area (Å²) in [5.74, 6) is 0.331. The SMILES string of the molecule is CNCC1CCN(C(C)c2ccc(F)cc2O)C1. The lowest BCUT2D eigenvalue weighted by atomic mass is 10.1. The van der Waals surface area contributed by atoms with Gasteiger partial charge in [-0.3, -0.25) is 4.90 Å². The molecule has 1 aromatic rings. The molecule has 1 aliphatic rings. The molecule has 0 aliphatic carbocycles. The second-order valence-corrected chi connectivity index (χ2v) is 5.09. The molecule has 2 atom stereocenters. The number of aromatic hydroxyl groups is 1. The average Bonchev–Trinajstić information content (AvgIpc) is 2.77. The lowest BCUT2D eigenvalue weighted by Gasteiger charge is -2.25. The van der Waals surface area contributed by atoms with Crippen molar-refractivity contribution in [2.45, 2.75) is 19.4 Å². The van der Waals surface area contributed by atoms with E-state index in [0.29, 0.717) is 5.92 Å². The Labute approximate surface area is 108 Å². The first-order chi connectivity index (χ1) is 8.61. The summed E-state index contributed by atoms with van der Waals surface area (Å²) in [6.45, 7) is 5.15. The number of phenolic OH excluding ortho intramolecular Hbond substituents is 1. The Bertz CT molecular complexity index is 411. The fraction of sp³-hybridized carbons (Fsp3) is 0.571. The van der Waals surface area contributed by atoms with Gasteiger partial charge in [0.2, 0.25) is 0 Å². The smallest absolute Gasteiger partial charge is 0.126 e. The fourth-order valence-corrected chi connectivity index (χ4v) is 2.74. The predicted molar refractivity (Wildman–Crippen MR) is 70.1 cm³/mol. The minimum Gasteiger partial charge on any atom is -0.508 e. The predicted octanol–water partition coefficient (Wildman–Crippen LogP) is 2.13. The van der Waals surface area contributed by atoms with Crippen molar-refractivity contribution in [1.29, 1.82) is 0 Å². The second-order valence-electron chi connectivity index (χ2n) is 5.09. The van der Waals surface area contributed by atoms with E-state index in [1.807, 2.05) is 7.05 Å². The van der Waals surface area contributed by atoms with E-state index in [0.717, 1.165) is 25.2 Å². The minimum absolute atomic E-state index is 0.0552. The van der Waals surface area contributed by atoms with Gasteiger partial charge in [0.15, 0.2) is 0 Å². The van der Waals surface area contributed by atoms with Gasteiger partial charge in [0.05, 0.1) is 0 Å². The Morgan fingerprint density at radius 2 is 2.33 bits per heavy atom. The van der Waals surface area contributed by atoms with Crippen molar-refractivity contribution >= 4 is 0 Å². The van der Waals surface area contributed by atoms with E-state index < -0.39 is 5.82 Å². The first kappa shape index (κ1) is 13.3. The van der Waals surface area contributed by atoms with Crippen molar-refractivity contribution in [3.05, 3.63) is 29.6 Å². The summed E-state index contributed by atoms with van der Waals surface area (Å²) in [5, 5.41) is 13.0. The quantitative estimate of drug-likeness (QED) is 0.861. The van der Waals surface area contributed by atoms with Crippen LogP contribution in [-0.2, 0) is 0 Å². The highest BCUT2D eigenvalue weighted by Crippen LogP contribution is 2.32. The van der Waals surface area contributed by atoms with Crippen LogP contribution in [0.15, 0.2) is 18.2 Å². The monoisotopic (exact) mass is 252 g/mol. The van der Waals surface area contributed by atoms with Crippen LogP contribution in [0.3, 0.4) is 0 Å². The Hall–Kier alpha value is -1.13. The maximum absolute atomic E-state index is 13.0. The first-order valence-corrected chi connectivity index (χ1v) is 6.49. The van der Waals surface area contributed by atoms with E-state index in [1.165, 1.54) is 18.6 Å². The molecule has 100 valence electrons. The molecule has 2 N–H and O–H groups in total. The van der Waals surface area contributed by atoms with E-state index in [1.54, 1.807) is 6.07 Å². The Balaban J connectivity index is 2.05. The second kappa shape index (κ2) is 5.67. The van der Waals surface area contributed by atoms with Crippen molar-refractivity contribution < 1.29 is 9.50 Å². The largest absolute Gasteiger partial charge is 0.508 e. The molecule has 1 saturated heterocycles. The van der Waals surface area contributed by atoms with Crippen LogP contribution < -0.4 is 5.32 Å². The van der Waals surface area contributed by atoms with Crippen LogP contribution in [0.5, 0.6) is 5.75 Å². The molecular formula is C14H21FN2O. The summed E-state index contributed by atoms with van der Waals surface area (Å²) >= 11 is 0. The van der Waals surface area contributed by atoms with Crippen LogP contribution in [-0.4, -0.2) is 36.7 Å². The lowest BCUT2D eigenvalue weighted by Crippen LogP contribution is -2.27. The van der Waals surface area contributed by atoms with Gasteiger partial charge in [-0.1, -0.05) is 6.07 Å². The molecule has 0 amide bonds. The van der Waals surface area contributed by atoms with Crippen molar-refractivity contribution in [2.24, 2.45) is 5.92 Å². The van der Waals surface area contributed by atoms with Gasteiger partial charge in [0.1, 0.15) is 11.6 Å². The number of hydrogen-bond acceptors (Lipinski definition) is 3. The van der Waals surface area contributed by atoms with Gasteiger partial charge in [-0.05, 0) is 45.5 Å². The molecule has 2 rings (SSSR count). The molecule has 18 heavy (non-hydrogen) atoms. The molecule has 0 spiro atoms. The van der Waals surface area contributed by atoms with E-state index >= 15 is 0 Å². The molecule has 0 aromatic heterocycles. The average molecular weight is 252 g/mol. The van der Waals surface area contributed by atoms with Gasteiger partial charge in [0, 0.05) is 24.2 Å². The first-order valence-electron chi connectivity index (χ1n) is 6.49. The van der Waals surface area contributed by atoms with Crippen LogP contribution in [0.2, 0.25) is 0 Å². The van der Waals surface area contributed by atoms with E-state index in [4.69, 9.17) is 0 Å². The maximum atomic E-state index is 13.0. The van der Waals surface area contributed by atoms with Gasteiger partial charge < -0.3 is 10.4 Å². The normalized spacial score (nSPS) is 22.3. The van der Waals surface area contributed by atoms with Crippen molar-refractivity contribution in [3.63, 3.8) is 0 Å². The third-order valence-corrected chi connectivity index (χ3v) is 3.80.